The Morgan fingerprint density at radius 3 is 2.52 bits per heavy atom. The van der Waals surface area contributed by atoms with Crippen LogP contribution in [0, 0.1) is 28.7 Å². The molecule has 6 heteroatoms. The van der Waals surface area contributed by atoms with Crippen LogP contribution < -0.4 is 10.1 Å². The summed E-state index contributed by atoms with van der Waals surface area (Å²) < 4.78 is 7.60. The highest BCUT2D eigenvalue weighted by Gasteiger charge is 2.13. The Bertz CT molecular complexity index is 1160. The van der Waals surface area contributed by atoms with Crippen LogP contribution in [0.15, 0.2) is 70.7 Å². The van der Waals surface area contributed by atoms with Gasteiger partial charge in [-0.2, -0.15) is 5.26 Å². The Morgan fingerprint density at radius 1 is 1.13 bits per heavy atom. The summed E-state index contributed by atoms with van der Waals surface area (Å²) in [6, 6.07) is 21.3. The molecule has 0 aliphatic carbocycles. The topological polar surface area (TPSA) is 62.1 Å². The molecule has 0 spiro atoms. The summed E-state index contributed by atoms with van der Waals surface area (Å²) in [5.41, 5.74) is 4.71. The molecule has 0 aliphatic rings. The fourth-order valence-corrected chi connectivity index (χ4v) is 4.63. The van der Waals surface area contributed by atoms with Gasteiger partial charge in [0.05, 0.1) is 8.04 Å². The molecule has 0 aliphatic heterocycles. The van der Waals surface area contributed by atoms with Gasteiger partial charge in [-0.3, -0.25) is 4.79 Å². The molecule has 3 rings (SSSR count). The Balaban J connectivity index is 1.77. The number of nitrogens with one attached hydrogen (secondary N) is 1. The van der Waals surface area contributed by atoms with Crippen LogP contribution >= 0.6 is 38.5 Å². The Hall–Kier alpha value is -2.63. The molecular formula is C25H20BrIN2O2. The first-order chi connectivity index (χ1) is 14.9. The van der Waals surface area contributed by atoms with Crippen molar-refractivity contribution < 1.29 is 9.53 Å². The smallest absolute Gasteiger partial charge is 0.266 e. The van der Waals surface area contributed by atoms with Crippen LogP contribution in [0.1, 0.15) is 22.3 Å². The standard InChI is InChI=1S/C25H20BrIN2O2/c1-16-8-9-21(10-17(16)2)29-25(30)20(14-28)11-19-12-22(26)24(23(27)13-19)31-15-18-6-4-3-5-7-18/h3-13H,15H2,1-2H3,(H,29,30)/b20-11+. The molecule has 0 bridgehead atoms. The predicted octanol–water partition coefficient (Wildman–Crippen LogP) is 6.80. The lowest BCUT2D eigenvalue weighted by atomic mass is 10.1. The number of nitriles is 1. The van der Waals surface area contributed by atoms with Crippen LogP contribution in [0.2, 0.25) is 0 Å². The van der Waals surface area contributed by atoms with E-state index in [0.717, 1.165) is 36.0 Å². The van der Waals surface area contributed by atoms with Crippen molar-refractivity contribution in [2.75, 3.05) is 5.32 Å². The summed E-state index contributed by atoms with van der Waals surface area (Å²) in [7, 11) is 0. The van der Waals surface area contributed by atoms with Crippen LogP contribution in [0.25, 0.3) is 6.08 Å². The molecule has 3 aromatic carbocycles. The van der Waals surface area contributed by atoms with Gasteiger partial charge >= 0.3 is 0 Å². The van der Waals surface area contributed by atoms with E-state index in [4.69, 9.17) is 4.74 Å². The molecule has 0 atom stereocenters. The van der Waals surface area contributed by atoms with Gasteiger partial charge in [-0.05, 0) is 105 Å². The molecule has 1 N–H and O–H groups in total. The summed E-state index contributed by atoms with van der Waals surface area (Å²) in [6.07, 6.45) is 1.57. The highest BCUT2D eigenvalue weighted by atomic mass is 127. The predicted molar refractivity (Wildman–Crippen MR) is 136 cm³/mol. The van der Waals surface area contributed by atoms with Gasteiger partial charge in [0, 0.05) is 5.69 Å². The first kappa shape index (κ1) is 23.0. The van der Waals surface area contributed by atoms with E-state index >= 15 is 0 Å². The number of halogens is 2. The first-order valence-corrected chi connectivity index (χ1v) is 11.4. The molecule has 0 aromatic heterocycles. The zero-order chi connectivity index (χ0) is 22.4. The molecule has 0 unspecified atom stereocenters. The van der Waals surface area contributed by atoms with Crippen LogP contribution in [-0.2, 0) is 11.4 Å². The average Bonchev–Trinajstić information content (AvgIpc) is 2.74. The first-order valence-electron chi connectivity index (χ1n) is 9.53. The minimum atomic E-state index is -0.443. The van der Waals surface area contributed by atoms with Crippen molar-refractivity contribution in [3.8, 4) is 11.8 Å². The number of carbonyl (C=O) groups is 1. The van der Waals surface area contributed by atoms with Crippen LogP contribution in [-0.4, -0.2) is 5.91 Å². The van der Waals surface area contributed by atoms with Crippen molar-refractivity contribution in [2.45, 2.75) is 20.5 Å². The summed E-state index contributed by atoms with van der Waals surface area (Å²) >= 11 is 5.73. The molecule has 0 heterocycles. The third kappa shape index (κ3) is 6.18. The molecule has 0 saturated heterocycles. The van der Waals surface area contributed by atoms with Gasteiger partial charge in [-0.25, -0.2) is 0 Å². The van der Waals surface area contributed by atoms with Crippen molar-refractivity contribution in [3.05, 3.63) is 96.5 Å². The normalized spacial score (nSPS) is 11.0. The van der Waals surface area contributed by atoms with Gasteiger partial charge in [0.15, 0.2) is 0 Å². The van der Waals surface area contributed by atoms with Gasteiger partial charge in [-0.15, -0.1) is 0 Å². The van der Waals surface area contributed by atoms with E-state index in [0.29, 0.717) is 12.3 Å². The number of hydrogen-bond donors (Lipinski definition) is 1. The Labute approximate surface area is 204 Å². The second-order valence-corrected chi connectivity index (χ2v) is 9.03. The van der Waals surface area contributed by atoms with Crippen LogP contribution in [0.5, 0.6) is 5.75 Å². The lowest BCUT2D eigenvalue weighted by Crippen LogP contribution is -2.13. The van der Waals surface area contributed by atoms with Crippen LogP contribution in [0.3, 0.4) is 0 Å². The Morgan fingerprint density at radius 2 is 1.87 bits per heavy atom. The molecule has 156 valence electrons. The largest absolute Gasteiger partial charge is 0.487 e. The highest BCUT2D eigenvalue weighted by Crippen LogP contribution is 2.33. The molecular weight excluding hydrogens is 567 g/mol. The molecule has 1 amide bonds. The summed E-state index contributed by atoms with van der Waals surface area (Å²) in [5, 5.41) is 12.3. The van der Waals surface area contributed by atoms with E-state index < -0.39 is 5.91 Å². The summed E-state index contributed by atoms with van der Waals surface area (Å²) in [6.45, 7) is 4.44. The second-order valence-electron chi connectivity index (χ2n) is 7.01. The number of aryl methyl sites for hydroxylation is 2. The van der Waals surface area contributed by atoms with Crippen molar-refractivity contribution >= 4 is 56.2 Å². The fourth-order valence-electron chi connectivity index (χ4n) is 2.86. The van der Waals surface area contributed by atoms with E-state index in [9.17, 15) is 10.1 Å². The van der Waals surface area contributed by atoms with E-state index in [2.05, 4.69) is 43.8 Å². The fraction of sp³-hybridized carbons (Fsp3) is 0.120. The maximum absolute atomic E-state index is 12.6. The highest BCUT2D eigenvalue weighted by molar-refractivity contribution is 14.1. The van der Waals surface area contributed by atoms with Crippen molar-refractivity contribution in [2.24, 2.45) is 0 Å². The Kier molecular flexibility index (Phi) is 7.88. The zero-order valence-corrected chi connectivity index (χ0v) is 20.8. The number of benzene rings is 3. The minimum Gasteiger partial charge on any atom is -0.487 e. The number of rotatable bonds is 6. The van der Waals surface area contributed by atoms with Gasteiger partial charge in [0.25, 0.3) is 5.91 Å². The number of ether oxygens (including phenoxy) is 1. The van der Waals surface area contributed by atoms with Crippen molar-refractivity contribution in [1.29, 1.82) is 5.26 Å². The molecule has 0 fully saturated rings. The number of carbonyl (C=O) groups excluding carboxylic acids is 1. The van der Waals surface area contributed by atoms with Gasteiger partial charge < -0.3 is 10.1 Å². The molecule has 0 radical (unpaired) electrons. The van der Waals surface area contributed by atoms with Crippen LogP contribution in [0.4, 0.5) is 5.69 Å². The SMILES string of the molecule is Cc1ccc(NC(=O)/C(C#N)=C/c2cc(Br)c(OCc3ccccc3)c(I)c2)cc1C. The second kappa shape index (κ2) is 10.6. The molecule has 31 heavy (non-hydrogen) atoms. The number of hydrogen-bond acceptors (Lipinski definition) is 3. The van der Waals surface area contributed by atoms with Gasteiger partial charge in [0.2, 0.25) is 0 Å². The number of amides is 1. The van der Waals surface area contributed by atoms with E-state index in [1.807, 2.05) is 80.6 Å². The number of nitrogens with zero attached hydrogens (tertiary/aromatic N) is 1. The average molecular weight is 587 g/mol. The van der Waals surface area contributed by atoms with E-state index in [-0.39, 0.29) is 5.57 Å². The molecule has 3 aromatic rings. The lowest BCUT2D eigenvalue weighted by molar-refractivity contribution is -0.112. The lowest BCUT2D eigenvalue weighted by Gasteiger charge is -2.12. The third-order valence-electron chi connectivity index (χ3n) is 4.69. The summed E-state index contributed by atoms with van der Waals surface area (Å²) in [5.74, 6) is 0.279. The zero-order valence-electron chi connectivity index (χ0n) is 17.1. The van der Waals surface area contributed by atoms with E-state index in [1.54, 1.807) is 6.08 Å². The maximum atomic E-state index is 12.6. The van der Waals surface area contributed by atoms with Crippen molar-refractivity contribution in [3.63, 3.8) is 0 Å². The third-order valence-corrected chi connectivity index (χ3v) is 6.08. The maximum Gasteiger partial charge on any atom is 0.266 e. The minimum absolute atomic E-state index is 0.0267. The van der Waals surface area contributed by atoms with Gasteiger partial charge in [-0.1, -0.05) is 36.4 Å². The van der Waals surface area contributed by atoms with Gasteiger partial charge in [0.1, 0.15) is 24.0 Å². The number of anilines is 1. The summed E-state index contributed by atoms with van der Waals surface area (Å²) in [4.78, 5) is 12.6. The monoisotopic (exact) mass is 586 g/mol. The molecule has 0 saturated carbocycles. The molecule has 4 nitrogen and oxygen atoms in total. The van der Waals surface area contributed by atoms with E-state index in [1.165, 1.54) is 0 Å². The van der Waals surface area contributed by atoms with Crippen molar-refractivity contribution in [1.82, 2.24) is 0 Å². The quantitative estimate of drug-likeness (QED) is 0.196.